The van der Waals surface area contributed by atoms with Gasteiger partial charge >= 0.3 is 0 Å². The van der Waals surface area contributed by atoms with Crippen LogP contribution >= 0.6 is 0 Å². The molecule has 1 fully saturated rings. The minimum Gasteiger partial charge on any atom is -0.454 e. The van der Waals surface area contributed by atoms with Gasteiger partial charge < -0.3 is 19.7 Å². The molecule has 0 unspecified atom stereocenters. The number of nitrogens with zero attached hydrogens (tertiary/aromatic N) is 1. The molecule has 0 aromatic heterocycles. The van der Waals surface area contributed by atoms with Gasteiger partial charge in [0.2, 0.25) is 18.6 Å². The van der Waals surface area contributed by atoms with Crippen LogP contribution < -0.4 is 14.8 Å². The predicted molar refractivity (Wildman–Crippen MR) is 84.1 cm³/mol. The largest absolute Gasteiger partial charge is 0.454 e. The molecular weight excluding hydrogens is 296 g/mol. The van der Waals surface area contributed by atoms with Gasteiger partial charge in [0.1, 0.15) is 0 Å². The molecule has 1 heterocycles. The first-order valence-corrected chi connectivity index (χ1v) is 8.05. The van der Waals surface area contributed by atoms with Crippen molar-refractivity contribution in [1.82, 2.24) is 10.2 Å². The van der Waals surface area contributed by atoms with Crippen molar-refractivity contribution in [3.05, 3.63) is 23.8 Å². The van der Waals surface area contributed by atoms with E-state index in [4.69, 9.17) is 9.47 Å². The molecule has 0 bridgehead atoms. The van der Waals surface area contributed by atoms with Crippen LogP contribution in [0, 0.1) is 0 Å². The van der Waals surface area contributed by atoms with Crippen molar-refractivity contribution < 1.29 is 19.1 Å². The Morgan fingerprint density at radius 2 is 1.96 bits per heavy atom. The van der Waals surface area contributed by atoms with E-state index >= 15 is 0 Å². The molecule has 0 spiro atoms. The Bertz CT molecular complexity index is 596. The summed E-state index contributed by atoms with van der Waals surface area (Å²) in [5, 5.41) is 3.01. The molecule has 3 rings (SSSR count). The van der Waals surface area contributed by atoms with E-state index in [9.17, 15) is 9.59 Å². The summed E-state index contributed by atoms with van der Waals surface area (Å²) in [5.41, 5.74) is 0.915. The standard InChI is InChI=1S/C17H22N2O4/c1-12(20)19(10-17(21)18-14-4-2-3-5-14)9-13-6-7-15-16(8-13)23-11-22-15/h6-8,14H,2-5,9-11H2,1H3,(H,18,21). The normalized spacial score (nSPS) is 16.4. The zero-order valence-corrected chi connectivity index (χ0v) is 13.3. The van der Waals surface area contributed by atoms with Crippen LogP contribution in [0.1, 0.15) is 38.2 Å². The molecule has 1 aliphatic carbocycles. The Balaban J connectivity index is 1.60. The molecule has 23 heavy (non-hydrogen) atoms. The Morgan fingerprint density at radius 1 is 1.22 bits per heavy atom. The number of benzene rings is 1. The lowest BCUT2D eigenvalue weighted by Crippen LogP contribution is -2.42. The van der Waals surface area contributed by atoms with Crippen LogP contribution in [-0.4, -0.2) is 36.1 Å². The minimum absolute atomic E-state index is 0.0836. The fourth-order valence-corrected chi connectivity index (χ4v) is 3.06. The Kier molecular flexibility index (Phi) is 4.69. The van der Waals surface area contributed by atoms with Crippen LogP contribution in [0.5, 0.6) is 11.5 Å². The Hall–Kier alpha value is -2.24. The summed E-state index contributed by atoms with van der Waals surface area (Å²) in [4.78, 5) is 25.5. The number of ether oxygens (including phenoxy) is 2. The van der Waals surface area contributed by atoms with Crippen LogP contribution in [0.25, 0.3) is 0 Å². The first-order valence-electron chi connectivity index (χ1n) is 8.05. The smallest absolute Gasteiger partial charge is 0.239 e. The maximum absolute atomic E-state index is 12.1. The number of fused-ring (bicyclic) bond motifs is 1. The topological polar surface area (TPSA) is 67.9 Å². The van der Waals surface area contributed by atoms with Gasteiger partial charge in [0.25, 0.3) is 0 Å². The second-order valence-electron chi connectivity index (χ2n) is 6.11. The van der Waals surface area contributed by atoms with E-state index in [2.05, 4.69) is 5.32 Å². The summed E-state index contributed by atoms with van der Waals surface area (Å²) >= 11 is 0. The highest BCUT2D eigenvalue weighted by molar-refractivity contribution is 5.84. The molecule has 1 N–H and O–H groups in total. The second-order valence-corrected chi connectivity index (χ2v) is 6.11. The van der Waals surface area contributed by atoms with E-state index in [1.165, 1.54) is 19.8 Å². The van der Waals surface area contributed by atoms with E-state index in [0.29, 0.717) is 18.0 Å². The molecule has 2 amide bonds. The van der Waals surface area contributed by atoms with E-state index in [1.54, 1.807) is 4.90 Å². The highest BCUT2D eigenvalue weighted by Gasteiger charge is 2.21. The van der Waals surface area contributed by atoms with Gasteiger partial charge in [-0.15, -0.1) is 0 Å². The summed E-state index contributed by atoms with van der Waals surface area (Å²) < 4.78 is 10.6. The van der Waals surface area contributed by atoms with Crippen LogP contribution in [0.15, 0.2) is 18.2 Å². The molecule has 0 atom stereocenters. The predicted octanol–water partition coefficient (Wildman–Crippen LogP) is 1.82. The Labute approximate surface area is 135 Å². The van der Waals surface area contributed by atoms with Crippen molar-refractivity contribution in [2.24, 2.45) is 0 Å². The highest BCUT2D eigenvalue weighted by Crippen LogP contribution is 2.32. The van der Waals surface area contributed by atoms with E-state index < -0.39 is 0 Å². The number of hydrogen-bond acceptors (Lipinski definition) is 4. The molecule has 0 radical (unpaired) electrons. The number of rotatable bonds is 5. The zero-order valence-electron chi connectivity index (χ0n) is 13.3. The minimum atomic E-state index is -0.121. The summed E-state index contributed by atoms with van der Waals surface area (Å²) in [6.45, 7) is 2.17. The fraction of sp³-hybridized carbons (Fsp3) is 0.529. The molecule has 124 valence electrons. The van der Waals surface area contributed by atoms with Crippen molar-refractivity contribution in [2.75, 3.05) is 13.3 Å². The summed E-state index contributed by atoms with van der Waals surface area (Å²) in [5.74, 6) is 1.18. The molecule has 1 aromatic rings. The van der Waals surface area contributed by atoms with Gasteiger partial charge in [-0.1, -0.05) is 18.9 Å². The van der Waals surface area contributed by atoms with Gasteiger partial charge in [-0.2, -0.15) is 0 Å². The first kappa shape index (κ1) is 15.6. The average Bonchev–Trinajstić information content (AvgIpc) is 3.17. The number of amides is 2. The highest BCUT2D eigenvalue weighted by atomic mass is 16.7. The third kappa shape index (κ3) is 3.94. The van der Waals surface area contributed by atoms with Crippen LogP contribution in [0.4, 0.5) is 0 Å². The average molecular weight is 318 g/mol. The summed E-state index contributed by atoms with van der Waals surface area (Å²) in [7, 11) is 0. The maximum atomic E-state index is 12.1. The first-order chi connectivity index (χ1) is 11.1. The SMILES string of the molecule is CC(=O)N(CC(=O)NC1CCCC1)Cc1ccc2c(c1)OCO2. The summed E-state index contributed by atoms with van der Waals surface area (Å²) in [6.07, 6.45) is 4.40. The van der Waals surface area contributed by atoms with Gasteiger partial charge in [-0.05, 0) is 30.5 Å². The second kappa shape index (κ2) is 6.89. The maximum Gasteiger partial charge on any atom is 0.239 e. The molecule has 1 aromatic carbocycles. The Morgan fingerprint density at radius 3 is 2.70 bits per heavy atom. The van der Waals surface area contributed by atoms with Gasteiger partial charge in [0.05, 0.1) is 6.54 Å². The molecule has 6 nitrogen and oxygen atoms in total. The van der Waals surface area contributed by atoms with Crippen molar-refractivity contribution in [2.45, 2.75) is 45.2 Å². The third-order valence-corrected chi connectivity index (χ3v) is 4.31. The lowest BCUT2D eigenvalue weighted by atomic mass is 10.2. The quantitative estimate of drug-likeness (QED) is 0.899. The zero-order chi connectivity index (χ0) is 16.2. The number of carbonyl (C=O) groups is 2. The van der Waals surface area contributed by atoms with Crippen molar-refractivity contribution >= 4 is 11.8 Å². The number of nitrogens with one attached hydrogen (secondary N) is 1. The lowest BCUT2D eigenvalue weighted by Gasteiger charge is -2.22. The van der Waals surface area contributed by atoms with Crippen molar-refractivity contribution in [1.29, 1.82) is 0 Å². The number of carbonyl (C=O) groups excluding carboxylic acids is 2. The van der Waals surface area contributed by atoms with Crippen LogP contribution in [-0.2, 0) is 16.1 Å². The van der Waals surface area contributed by atoms with Crippen LogP contribution in [0.3, 0.4) is 0 Å². The third-order valence-electron chi connectivity index (χ3n) is 4.31. The van der Waals surface area contributed by atoms with Gasteiger partial charge in [-0.3, -0.25) is 9.59 Å². The monoisotopic (exact) mass is 318 g/mol. The molecule has 6 heteroatoms. The summed E-state index contributed by atoms with van der Waals surface area (Å²) in [6, 6.07) is 5.84. The van der Waals surface area contributed by atoms with Gasteiger partial charge in [0, 0.05) is 19.5 Å². The van der Waals surface area contributed by atoms with Gasteiger partial charge in [0.15, 0.2) is 11.5 Å². The molecular formula is C17H22N2O4. The fourth-order valence-electron chi connectivity index (χ4n) is 3.06. The number of hydrogen-bond donors (Lipinski definition) is 1. The molecule has 1 aliphatic heterocycles. The van der Waals surface area contributed by atoms with E-state index in [1.807, 2.05) is 18.2 Å². The molecule has 1 saturated carbocycles. The van der Waals surface area contributed by atoms with Crippen LogP contribution in [0.2, 0.25) is 0 Å². The van der Waals surface area contributed by atoms with Gasteiger partial charge in [-0.25, -0.2) is 0 Å². The van der Waals surface area contributed by atoms with Crippen molar-refractivity contribution in [3.63, 3.8) is 0 Å². The van der Waals surface area contributed by atoms with Crippen molar-refractivity contribution in [3.8, 4) is 11.5 Å². The lowest BCUT2D eigenvalue weighted by molar-refractivity contribution is -0.135. The van der Waals surface area contributed by atoms with E-state index in [-0.39, 0.29) is 31.2 Å². The molecule has 2 aliphatic rings. The molecule has 0 saturated heterocycles. The van der Waals surface area contributed by atoms with E-state index in [0.717, 1.165) is 18.4 Å².